The smallest absolute Gasteiger partial charge is 0.237 e. The lowest BCUT2D eigenvalue weighted by atomic mass is 10.2. The maximum atomic E-state index is 11.8. The summed E-state index contributed by atoms with van der Waals surface area (Å²) in [5, 5.41) is 12.6. The van der Waals surface area contributed by atoms with Crippen molar-refractivity contribution in [1.82, 2.24) is 15.4 Å². The summed E-state index contributed by atoms with van der Waals surface area (Å²) in [5.74, 6) is -0.455. The molecule has 0 spiro atoms. The van der Waals surface area contributed by atoms with Gasteiger partial charge in [0.2, 0.25) is 5.91 Å². The zero-order valence-corrected chi connectivity index (χ0v) is 13.0. The standard InChI is InChI=1S/C11H11IN4O2S/c1-7-4-8(12)2-3-9(7)14-10(17)6-19(18)11-5-13-16-15-11/h2-5H,6H2,1H3,(H,14,17)(H,13,15,16)/t19-/m0/s1. The van der Waals surface area contributed by atoms with Gasteiger partial charge in [0.1, 0.15) is 5.75 Å². The van der Waals surface area contributed by atoms with Crippen LogP contribution in [-0.2, 0) is 15.6 Å². The second-order valence-electron chi connectivity index (χ2n) is 3.81. The topological polar surface area (TPSA) is 87.7 Å². The molecule has 1 heterocycles. The van der Waals surface area contributed by atoms with Crippen LogP contribution in [0.25, 0.3) is 0 Å². The van der Waals surface area contributed by atoms with Gasteiger partial charge in [0, 0.05) is 9.26 Å². The van der Waals surface area contributed by atoms with Crippen LogP contribution in [0.2, 0.25) is 0 Å². The highest BCUT2D eigenvalue weighted by atomic mass is 127. The first-order chi connectivity index (χ1) is 9.06. The zero-order valence-electron chi connectivity index (χ0n) is 10.0. The average Bonchev–Trinajstić information content (AvgIpc) is 2.86. The van der Waals surface area contributed by atoms with Gasteiger partial charge in [-0.3, -0.25) is 9.00 Å². The van der Waals surface area contributed by atoms with Crippen molar-refractivity contribution in [3.05, 3.63) is 33.5 Å². The van der Waals surface area contributed by atoms with Crippen molar-refractivity contribution in [2.75, 3.05) is 11.1 Å². The number of benzene rings is 1. The molecule has 6 nitrogen and oxygen atoms in total. The van der Waals surface area contributed by atoms with E-state index < -0.39 is 10.8 Å². The molecule has 100 valence electrons. The normalized spacial score (nSPS) is 12.1. The van der Waals surface area contributed by atoms with Gasteiger partial charge in [-0.15, -0.1) is 5.10 Å². The van der Waals surface area contributed by atoms with Crippen molar-refractivity contribution in [2.45, 2.75) is 11.9 Å². The Hall–Kier alpha value is -1.29. The van der Waals surface area contributed by atoms with E-state index in [-0.39, 0.29) is 16.7 Å². The van der Waals surface area contributed by atoms with Crippen LogP contribution in [0.15, 0.2) is 29.4 Å². The van der Waals surface area contributed by atoms with Crippen molar-refractivity contribution < 1.29 is 9.00 Å². The van der Waals surface area contributed by atoms with Crippen LogP contribution in [0.5, 0.6) is 0 Å². The molecule has 8 heteroatoms. The van der Waals surface area contributed by atoms with Crippen LogP contribution < -0.4 is 5.32 Å². The highest BCUT2D eigenvalue weighted by molar-refractivity contribution is 14.1. The fraction of sp³-hybridized carbons (Fsp3) is 0.182. The number of aromatic amines is 1. The van der Waals surface area contributed by atoms with Crippen LogP contribution in [0, 0.1) is 10.5 Å². The van der Waals surface area contributed by atoms with Gasteiger partial charge in [0.15, 0.2) is 5.03 Å². The minimum absolute atomic E-state index is 0.141. The average molecular weight is 390 g/mol. The van der Waals surface area contributed by atoms with Gasteiger partial charge < -0.3 is 5.32 Å². The molecule has 0 aliphatic carbocycles. The fourth-order valence-electron chi connectivity index (χ4n) is 1.45. The lowest BCUT2D eigenvalue weighted by Gasteiger charge is -2.08. The molecule has 0 saturated carbocycles. The predicted octanol–water partition coefficient (Wildman–Crippen LogP) is 1.46. The number of hydrogen-bond donors (Lipinski definition) is 2. The molecule has 19 heavy (non-hydrogen) atoms. The lowest BCUT2D eigenvalue weighted by molar-refractivity contribution is -0.113. The summed E-state index contributed by atoms with van der Waals surface area (Å²) >= 11 is 2.20. The Bertz CT molecular complexity index is 615. The largest absolute Gasteiger partial charge is 0.325 e. The van der Waals surface area contributed by atoms with Gasteiger partial charge >= 0.3 is 0 Å². The Balaban J connectivity index is 2.00. The van der Waals surface area contributed by atoms with E-state index in [4.69, 9.17) is 0 Å². The Morgan fingerprint density at radius 2 is 2.32 bits per heavy atom. The summed E-state index contributed by atoms with van der Waals surface area (Å²) in [6.45, 7) is 1.91. The number of nitrogens with zero attached hydrogens (tertiary/aromatic N) is 2. The van der Waals surface area contributed by atoms with Gasteiger partial charge in [0.25, 0.3) is 0 Å². The summed E-state index contributed by atoms with van der Waals surface area (Å²) in [4.78, 5) is 11.8. The molecule has 2 rings (SSSR count). The van der Waals surface area contributed by atoms with Crippen LogP contribution in [0.4, 0.5) is 5.69 Å². The summed E-state index contributed by atoms with van der Waals surface area (Å²) < 4.78 is 12.9. The molecular formula is C11H11IN4O2S. The molecule has 1 amide bonds. The maximum Gasteiger partial charge on any atom is 0.237 e. The van der Waals surface area contributed by atoms with Crippen molar-refractivity contribution in [3.8, 4) is 0 Å². The quantitative estimate of drug-likeness (QED) is 0.774. The van der Waals surface area contributed by atoms with Crippen LogP contribution in [0.1, 0.15) is 5.56 Å². The monoisotopic (exact) mass is 390 g/mol. The molecule has 0 radical (unpaired) electrons. The summed E-state index contributed by atoms with van der Waals surface area (Å²) in [7, 11) is -1.49. The SMILES string of the molecule is Cc1cc(I)ccc1NC(=O)C[S@](=O)c1cn[nH]n1. The van der Waals surface area contributed by atoms with Gasteiger partial charge in [-0.25, -0.2) is 0 Å². The molecule has 0 aliphatic heterocycles. The number of aryl methyl sites for hydroxylation is 1. The van der Waals surface area contributed by atoms with Crippen LogP contribution in [0.3, 0.4) is 0 Å². The van der Waals surface area contributed by atoms with E-state index in [1.165, 1.54) is 6.20 Å². The first-order valence-electron chi connectivity index (χ1n) is 5.36. The van der Waals surface area contributed by atoms with Crippen molar-refractivity contribution >= 4 is 45.0 Å². The van der Waals surface area contributed by atoms with E-state index >= 15 is 0 Å². The fourth-order valence-corrected chi connectivity index (χ4v) is 2.87. The highest BCUT2D eigenvalue weighted by Crippen LogP contribution is 2.17. The minimum atomic E-state index is -1.49. The number of aromatic nitrogens is 3. The van der Waals surface area contributed by atoms with E-state index in [0.717, 1.165) is 14.8 Å². The van der Waals surface area contributed by atoms with Gasteiger partial charge in [0.05, 0.1) is 17.0 Å². The third kappa shape index (κ3) is 3.83. The van der Waals surface area contributed by atoms with E-state index in [2.05, 4.69) is 43.3 Å². The Kier molecular flexibility index (Phi) is 4.64. The summed E-state index contributed by atoms with van der Waals surface area (Å²) in [6.07, 6.45) is 1.35. The highest BCUT2D eigenvalue weighted by Gasteiger charge is 2.13. The molecule has 0 saturated heterocycles. The molecule has 1 aromatic heterocycles. The third-order valence-electron chi connectivity index (χ3n) is 2.35. The number of hydrogen-bond acceptors (Lipinski definition) is 4. The van der Waals surface area contributed by atoms with Crippen molar-refractivity contribution in [3.63, 3.8) is 0 Å². The number of carbonyl (C=O) groups is 1. The van der Waals surface area contributed by atoms with Crippen LogP contribution in [-0.4, -0.2) is 31.3 Å². The number of anilines is 1. The first kappa shape index (κ1) is 14.1. The second kappa shape index (κ2) is 6.24. The Labute approximate surface area is 126 Å². The predicted molar refractivity (Wildman–Crippen MR) is 80.2 cm³/mol. The van der Waals surface area contributed by atoms with Gasteiger partial charge in [-0.05, 0) is 53.3 Å². The van der Waals surface area contributed by atoms with E-state index in [1.807, 2.05) is 25.1 Å². The Morgan fingerprint density at radius 3 is 2.95 bits per heavy atom. The number of rotatable bonds is 4. The molecule has 0 unspecified atom stereocenters. The molecule has 0 fully saturated rings. The lowest BCUT2D eigenvalue weighted by Crippen LogP contribution is -2.20. The summed E-state index contributed by atoms with van der Waals surface area (Å²) in [6, 6.07) is 5.69. The first-order valence-corrected chi connectivity index (χ1v) is 7.76. The third-order valence-corrected chi connectivity index (χ3v) is 4.21. The number of H-pyrrole nitrogens is 1. The molecule has 0 aliphatic rings. The van der Waals surface area contributed by atoms with E-state index in [9.17, 15) is 9.00 Å². The van der Waals surface area contributed by atoms with Gasteiger partial charge in [-0.1, -0.05) is 0 Å². The van der Waals surface area contributed by atoms with Gasteiger partial charge in [-0.2, -0.15) is 10.3 Å². The van der Waals surface area contributed by atoms with Crippen molar-refractivity contribution in [1.29, 1.82) is 0 Å². The molecular weight excluding hydrogens is 379 g/mol. The second-order valence-corrected chi connectivity index (χ2v) is 6.45. The Morgan fingerprint density at radius 1 is 1.53 bits per heavy atom. The molecule has 2 N–H and O–H groups in total. The molecule has 1 atom stereocenters. The van der Waals surface area contributed by atoms with E-state index in [0.29, 0.717) is 0 Å². The number of nitrogens with one attached hydrogen (secondary N) is 2. The number of amides is 1. The zero-order chi connectivity index (χ0) is 13.8. The van der Waals surface area contributed by atoms with E-state index in [1.54, 1.807) is 0 Å². The summed E-state index contributed by atoms with van der Waals surface area (Å²) in [5.41, 5.74) is 1.69. The molecule has 2 aromatic rings. The minimum Gasteiger partial charge on any atom is -0.325 e. The molecule has 1 aromatic carbocycles. The van der Waals surface area contributed by atoms with Crippen LogP contribution >= 0.6 is 22.6 Å². The van der Waals surface area contributed by atoms with Crippen molar-refractivity contribution in [2.24, 2.45) is 0 Å². The number of carbonyl (C=O) groups excluding carboxylic acids is 1. The molecule has 0 bridgehead atoms. The maximum absolute atomic E-state index is 11.8. The number of halogens is 1.